The van der Waals surface area contributed by atoms with Gasteiger partial charge in [0.1, 0.15) is 0 Å². The monoisotopic (exact) mass is 613 g/mol. The van der Waals surface area contributed by atoms with Crippen molar-refractivity contribution in [2.45, 2.75) is 55.6 Å². The van der Waals surface area contributed by atoms with Crippen LogP contribution in [0.4, 0.5) is 13.2 Å². The molecular weight excluding hydrogens is 583 g/mol. The van der Waals surface area contributed by atoms with Crippen LogP contribution < -0.4 is 0 Å². The van der Waals surface area contributed by atoms with Crippen LogP contribution in [-0.4, -0.2) is 49.9 Å². The van der Waals surface area contributed by atoms with Gasteiger partial charge in [0.25, 0.3) is 0 Å². The van der Waals surface area contributed by atoms with Crippen LogP contribution in [0.25, 0.3) is 5.69 Å². The summed E-state index contributed by atoms with van der Waals surface area (Å²) in [6, 6.07) is 11.6. The van der Waals surface area contributed by atoms with E-state index in [0.717, 1.165) is 30.3 Å². The first-order chi connectivity index (χ1) is 20.4. The number of benzene rings is 2. The number of aryl methyl sites for hydroxylation is 1. The fourth-order valence-corrected chi connectivity index (χ4v) is 7.80. The second kappa shape index (κ2) is 10.6. The largest absolute Gasteiger partial charge is 0.478 e. The molecule has 43 heavy (non-hydrogen) atoms. The first-order valence-electron chi connectivity index (χ1n) is 14.0. The molecule has 2 aliphatic rings. The molecule has 0 radical (unpaired) electrons. The zero-order valence-electron chi connectivity index (χ0n) is 23.5. The Bertz CT molecular complexity index is 1810. The SMILES string of the molecule is CC[C@H]1Cc2cc(C(F)(F)F)ccc2S(=O)(=O)N(Cc2cccc(-n3ccc(C(=O)O)c3C3C[C@H]3c3cn(C)nn3)c2)C1. The van der Waals surface area contributed by atoms with Crippen molar-refractivity contribution in [3.05, 3.63) is 94.6 Å². The lowest BCUT2D eigenvalue weighted by atomic mass is 9.95. The minimum atomic E-state index is -4.57. The highest BCUT2D eigenvalue weighted by Crippen LogP contribution is 2.55. The Morgan fingerprint density at radius 3 is 2.58 bits per heavy atom. The predicted molar refractivity (Wildman–Crippen MR) is 150 cm³/mol. The number of hydrogen-bond acceptors (Lipinski definition) is 5. The van der Waals surface area contributed by atoms with Gasteiger partial charge in [0, 0.05) is 55.7 Å². The van der Waals surface area contributed by atoms with E-state index in [0.29, 0.717) is 23.4 Å². The summed E-state index contributed by atoms with van der Waals surface area (Å²) >= 11 is 0. The molecule has 6 rings (SSSR count). The molecule has 3 atom stereocenters. The Hall–Kier alpha value is -3.97. The van der Waals surface area contributed by atoms with Gasteiger partial charge >= 0.3 is 12.1 Å². The van der Waals surface area contributed by atoms with Gasteiger partial charge in [-0.15, -0.1) is 5.10 Å². The third-order valence-corrected chi connectivity index (χ3v) is 10.3. The van der Waals surface area contributed by atoms with Gasteiger partial charge in [0.05, 0.1) is 21.7 Å². The van der Waals surface area contributed by atoms with Crippen LogP contribution in [-0.2, 0) is 36.2 Å². The molecule has 1 saturated carbocycles. The number of carboxylic acids is 1. The van der Waals surface area contributed by atoms with Gasteiger partial charge in [-0.25, -0.2) is 13.2 Å². The number of hydrogen-bond donors (Lipinski definition) is 1. The third-order valence-electron chi connectivity index (χ3n) is 8.40. The molecule has 1 aliphatic heterocycles. The van der Waals surface area contributed by atoms with E-state index in [1.54, 1.807) is 36.1 Å². The number of fused-ring (bicyclic) bond motifs is 1. The second-order valence-electron chi connectivity index (χ2n) is 11.3. The summed E-state index contributed by atoms with van der Waals surface area (Å²) in [7, 11) is -2.31. The molecule has 9 nitrogen and oxygen atoms in total. The van der Waals surface area contributed by atoms with Crippen molar-refractivity contribution in [2.75, 3.05) is 6.54 Å². The average molecular weight is 614 g/mol. The van der Waals surface area contributed by atoms with Crippen molar-refractivity contribution in [2.24, 2.45) is 13.0 Å². The number of carbonyl (C=O) groups is 1. The van der Waals surface area contributed by atoms with Crippen molar-refractivity contribution in [3.63, 3.8) is 0 Å². The summed E-state index contributed by atoms with van der Waals surface area (Å²) in [5.41, 5.74) is 2.30. The van der Waals surface area contributed by atoms with E-state index in [4.69, 9.17) is 0 Å². The summed E-state index contributed by atoms with van der Waals surface area (Å²) < 4.78 is 72.5. The van der Waals surface area contributed by atoms with Gasteiger partial charge in [-0.05, 0) is 66.3 Å². The van der Waals surface area contributed by atoms with Gasteiger partial charge in [0.2, 0.25) is 10.0 Å². The number of aromatic nitrogens is 4. The molecule has 2 aromatic carbocycles. The number of halogens is 3. The van der Waals surface area contributed by atoms with Crippen LogP contribution in [0.3, 0.4) is 0 Å². The van der Waals surface area contributed by atoms with Gasteiger partial charge in [-0.3, -0.25) is 4.68 Å². The van der Waals surface area contributed by atoms with Crippen LogP contribution in [0.2, 0.25) is 0 Å². The van der Waals surface area contributed by atoms with Crippen LogP contribution >= 0.6 is 0 Å². The lowest BCUT2D eigenvalue weighted by molar-refractivity contribution is -0.137. The minimum Gasteiger partial charge on any atom is -0.478 e. The predicted octanol–water partition coefficient (Wildman–Crippen LogP) is 5.37. The van der Waals surface area contributed by atoms with E-state index in [1.807, 2.05) is 29.8 Å². The molecule has 0 saturated heterocycles. The average Bonchev–Trinajstić information content (AvgIpc) is 3.43. The van der Waals surface area contributed by atoms with Crippen molar-refractivity contribution in [1.29, 1.82) is 0 Å². The normalized spacial score (nSPS) is 21.7. The molecule has 1 fully saturated rings. The molecule has 4 aromatic rings. The summed E-state index contributed by atoms with van der Waals surface area (Å²) in [5, 5.41) is 18.1. The Balaban J connectivity index is 1.33. The molecule has 0 amide bonds. The summed E-state index contributed by atoms with van der Waals surface area (Å²) in [6.45, 7) is 2.08. The number of nitrogens with zero attached hydrogens (tertiary/aromatic N) is 5. The quantitative estimate of drug-likeness (QED) is 0.300. The highest BCUT2D eigenvalue weighted by atomic mass is 32.2. The fraction of sp³-hybridized carbons (Fsp3) is 0.367. The van der Waals surface area contributed by atoms with Crippen LogP contribution in [0, 0.1) is 5.92 Å². The second-order valence-corrected chi connectivity index (χ2v) is 13.2. The number of aromatic carboxylic acids is 1. The first kappa shape index (κ1) is 29.1. The molecule has 13 heteroatoms. The lowest BCUT2D eigenvalue weighted by Crippen LogP contribution is -2.33. The molecule has 3 heterocycles. The molecular formula is C30H30F3N5O4S. The van der Waals surface area contributed by atoms with Crippen LogP contribution in [0.1, 0.15) is 70.0 Å². The maximum absolute atomic E-state index is 13.8. The Morgan fingerprint density at radius 1 is 1.12 bits per heavy atom. The zero-order valence-corrected chi connectivity index (χ0v) is 24.3. The zero-order chi connectivity index (χ0) is 30.7. The molecule has 0 bridgehead atoms. The number of sulfonamides is 1. The smallest absolute Gasteiger partial charge is 0.416 e. The van der Waals surface area contributed by atoms with E-state index < -0.39 is 27.7 Å². The molecule has 1 unspecified atom stereocenters. The minimum absolute atomic E-state index is 0.0151. The van der Waals surface area contributed by atoms with E-state index in [9.17, 15) is 31.5 Å². The van der Waals surface area contributed by atoms with Gasteiger partial charge in [-0.2, -0.15) is 17.5 Å². The maximum atomic E-state index is 13.8. The van der Waals surface area contributed by atoms with Gasteiger partial charge in [0.15, 0.2) is 0 Å². The van der Waals surface area contributed by atoms with Crippen molar-refractivity contribution in [1.82, 2.24) is 23.9 Å². The molecule has 226 valence electrons. The van der Waals surface area contributed by atoms with Crippen molar-refractivity contribution in [3.8, 4) is 5.69 Å². The Labute approximate surface area is 246 Å². The number of rotatable bonds is 7. The standard InChI is InChI=1S/C30H30F3N5O4S/c1-3-18-11-20-13-21(30(31,32)33)7-8-27(20)43(41,42)37(15-18)16-19-5-4-6-22(12-19)38-10-9-23(29(39)40)28(38)25-14-24(25)26-17-36(2)35-34-26/h4-10,12-13,17-18,24-25H,3,11,14-16H2,1-2H3,(H,39,40)/t18-,24+,25?/m0/s1. The van der Waals surface area contributed by atoms with Gasteiger partial charge < -0.3 is 9.67 Å². The molecule has 1 aliphatic carbocycles. The number of carboxylic acid groups (broad SMARTS) is 1. The Morgan fingerprint density at radius 2 is 1.91 bits per heavy atom. The van der Waals surface area contributed by atoms with E-state index in [1.165, 1.54) is 4.31 Å². The maximum Gasteiger partial charge on any atom is 0.416 e. The van der Waals surface area contributed by atoms with E-state index in [2.05, 4.69) is 10.3 Å². The Kier molecular flexibility index (Phi) is 7.20. The van der Waals surface area contributed by atoms with Crippen LogP contribution in [0.15, 0.2) is 65.8 Å². The molecule has 2 aromatic heterocycles. The molecule has 0 spiro atoms. The van der Waals surface area contributed by atoms with Crippen molar-refractivity contribution >= 4 is 16.0 Å². The highest BCUT2D eigenvalue weighted by molar-refractivity contribution is 7.89. The van der Waals surface area contributed by atoms with Crippen molar-refractivity contribution < 1.29 is 31.5 Å². The lowest BCUT2D eigenvalue weighted by Gasteiger charge is -2.24. The van der Waals surface area contributed by atoms with Gasteiger partial charge in [-0.1, -0.05) is 30.7 Å². The highest BCUT2D eigenvalue weighted by Gasteiger charge is 2.45. The number of alkyl halides is 3. The summed E-state index contributed by atoms with van der Waals surface area (Å²) in [4.78, 5) is 12.0. The van der Waals surface area contributed by atoms with E-state index in [-0.39, 0.29) is 53.3 Å². The topological polar surface area (TPSA) is 110 Å². The summed E-state index contributed by atoms with van der Waals surface area (Å²) in [5.74, 6) is -1.24. The molecule has 1 N–H and O–H groups in total. The third kappa shape index (κ3) is 5.47. The summed E-state index contributed by atoms with van der Waals surface area (Å²) in [6.07, 6.45) is 0.508. The van der Waals surface area contributed by atoms with Crippen LogP contribution in [0.5, 0.6) is 0 Å². The first-order valence-corrected chi connectivity index (χ1v) is 15.4. The van der Waals surface area contributed by atoms with E-state index >= 15 is 0 Å². The fourth-order valence-electron chi connectivity index (χ4n) is 6.09.